The van der Waals surface area contributed by atoms with Crippen LogP contribution < -0.4 is 11.1 Å². The van der Waals surface area contributed by atoms with Crippen LogP contribution in [0.4, 0.5) is 11.5 Å². The summed E-state index contributed by atoms with van der Waals surface area (Å²) in [6, 6.07) is 7.99. The monoisotopic (exact) mass is 309 g/mol. The summed E-state index contributed by atoms with van der Waals surface area (Å²) in [4.78, 5) is 8.89. The van der Waals surface area contributed by atoms with Gasteiger partial charge in [0.2, 0.25) is 0 Å². The summed E-state index contributed by atoms with van der Waals surface area (Å²) < 4.78 is 3.23. The first-order valence-electron chi connectivity index (χ1n) is 6.98. The first-order chi connectivity index (χ1) is 10.7. The molecule has 1 aromatic carbocycles. The van der Waals surface area contributed by atoms with Crippen LogP contribution in [0.15, 0.2) is 42.2 Å². The highest BCUT2D eigenvalue weighted by atomic mass is 32.1. The van der Waals surface area contributed by atoms with E-state index < -0.39 is 0 Å². The fraction of sp³-hybridized carbons (Fsp3) is 0.125. The number of imidazole rings is 1. The number of fused-ring (bicyclic) bond motifs is 3. The molecule has 3 heterocycles. The Labute approximate surface area is 131 Å². The fourth-order valence-corrected chi connectivity index (χ4v) is 3.51. The summed E-state index contributed by atoms with van der Waals surface area (Å²) in [5, 5.41) is 7.80. The second-order valence-electron chi connectivity index (χ2n) is 5.25. The van der Waals surface area contributed by atoms with Gasteiger partial charge < -0.3 is 15.6 Å². The fourth-order valence-electron chi connectivity index (χ4n) is 2.58. The lowest BCUT2D eigenvalue weighted by atomic mass is 10.1. The number of aromatic nitrogens is 3. The topological polar surface area (TPSA) is 68.8 Å². The average molecular weight is 309 g/mol. The second kappa shape index (κ2) is 4.99. The number of benzene rings is 1. The number of nitrogens with zero attached hydrogens (tertiary/aromatic N) is 3. The minimum Gasteiger partial charge on any atom is -0.399 e. The molecule has 6 heteroatoms. The van der Waals surface area contributed by atoms with E-state index in [0.717, 1.165) is 33.5 Å². The number of aryl methyl sites for hydroxylation is 1. The second-order valence-corrected chi connectivity index (χ2v) is 6.17. The van der Waals surface area contributed by atoms with E-state index in [2.05, 4.69) is 21.7 Å². The molecule has 4 aromatic rings. The molecule has 0 saturated heterocycles. The molecular weight excluding hydrogens is 294 g/mol. The standard InChI is InChI=1S/C16H15N5S/c1-21-9-18-7-11(21)8-19-16-13-4-5-22-15(13)12-3-2-10(17)6-14(12)20-16/h2-7,9H,8,17H2,1H3,(H,19,20). The van der Waals surface area contributed by atoms with Crippen molar-refractivity contribution >= 4 is 43.8 Å². The maximum atomic E-state index is 5.90. The smallest absolute Gasteiger partial charge is 0.135 e. The molecule has 110 valence electrons. The van der Waals surface area contributed by atoms with Crippen molar-refractivity contribution < 1.29 is 0 Å². The average Bonchev–Trinajstić information content (AvgIpc) is 3.13. The number of nitrogen functional groups attached to an aromatic ring is 1. The molecule has 0 aliphatic carbocycles. The summed E-state index contributed by atoms with van der Waals surface area (Å²) in [7, 11) is 1.98. The van der Waals surface area contributed by atoms with E-state index >= 15 is 0 Å². The molecule has 0 unspecified atom stereocenters. The van der Waals surface area contributed by atoms with Gasteiger partial charge in [-0.15, -0.1) is 11.3 Å². The molecule has 0 aliphatic heterocycles. The minimum atomic E-state index is 0.683. The van der Waals surface area contributed by atoms with Crippen LogP contribution in [0.5, 0.6) is 0 Å². The van der Waals surface area contributed by atoms with E-state index in [-0.39, 0.29) is 0 Å². The molecule has 22 heavy (non-hydrogen) atoms. The molecule has 0 bridgehead atoms. The Kier molecular flexibility index (Phi) is 2.97. The molecule has 0 spiro atoms. The third-order valence-electron chi connectivity index (χ3n) is 3.77. The van der Waals surface area contributed by atoms with Gasteiger partial charge in [-0.05, 0) is 29.6 Å². The van der Waals surface area contributed by atoms with Gasteiger partial charge in [-0.3, -0.25) is 0 Å². The van der Waals surface area contributed by atoms with Crippen LogP contribution in [-0.4, -0.2) is 14.5 Å². The van der Waals surface area contributed by atoms with Crippen LogP contribution in [0.3, 0.4) is 0 Å². The zero-order valence-electron chi connectivity index (χ0n) is 12.1. The summed E-state index contributed by atoms with van der Waals surface area (Å²) >= 11 is 1.72. The van der Waals surface area contributed by atoms with Gasteiger partial charge in [0.05, 0.1) is 24.1 Å². The summed E-state index contributed by atoms with van der Waals surface area (Å²) in [6.07, 6.45) is 3.66. The van der Waals surface area contributed by atoms with Crippen LogP contribution in [0.1, 0.15) is 5.69 Å². The Morgan fingerprint density at radius 3 is 3.00 bits per heavy atom. The van der Waals surface area contributed by atoms with Gasteiger partial charge in [-0.25, -0.2) is 9.97 Å². The largest absolute Gasteiger partial charge is 0.399 e. The van der Waals surface area contributed by atoms with Gasteiger partial charge in [0.25, 0.3) is 0 Å². The van der Waals surface area contributed by atoms with Gasteiger partial charge in [-0.1, -0.05) is 0 Å². The molecule has 0 aliphatic rings. The summed E-state index contributed by atoms with van der Waals surface area (Å²) in [5.74, 6) is 0.885. The van der Waals surface area contributed by atoms with Gasteiger partial charge in [0.1, 0.15) is 5.82 Å². The maximum absolute atomic E-state index is 5.90. The lowest BCUT2D eigenvalue weighted by Crippen LogP contribution is -2.05. The molecule has 5 nitrogen and oxygen atoms in total. The molecule has 3 N–H and O–H groups in total. The van der Waals surface area contributed by atoms with Crippen molar-refractivity contribution in [2.45, 2.75) is 6.54 Å². The third-order valence-corrected chi connectivity index (χ3v) is 4.72. The number of nitrogens with one attached hydrogen (secondary N) is 1. The van der Waals surface area contributed by atoms with Crippen LogP contribution in [0.2, 0.25) is 0 Å². The van der Waals surface area contributed by atoms with Crippen LogP contribution in [0, 0.1) is 0 Å². The maximum Gasteiger partial charge on any atom is 0.135 e. The third kappa shape index (κ3) is 2.08. The number of hydrogen-bond acceptors (Lipinski definition) is 5. The highest BCUT2D eigenvalue weighted by Gasteiger charge is 2.10. The number of nitrogens with two attached hydrogens (primary N) is 1. The Morgan fingerprint density at radius 1 is 1.27 bits per heavy atom. The number of anilines is 2. The zero-order chi connectivity index (χ0) is 15.1. The van der Waals surface area contributed by atoms with Crippen molar-refractivity contribution in [1.29, 1.82) is 0 Å². The zero-order valence-corrected chi connectivity index (χ0v) is 12.9. The number of hydrogen-bond donors (Lipinski definition) is 2. The van der Waals surface area contributed by atoms with Gasteiger partial charge in [0, 0.05) is 34.4 Å². The van der Waals surface area contributed by atoms with E-state index in [4.69, 9.17) is 10.7 Å². The number of thiophene rings is 1. The van der Waals surface area contributed by atoms with E-state index in [1.807, 2.05) is 36.0 Å². The van der Waals surface area contributed by atoms with Crippen LogP contribution in [-0.2, 0) is 13.6 Å². The van der Waals surface area contributed by atoms with Crippen molar-refractivity contribution in [3.05, 3.63) is 47.9 Å². The minimum absolute atomic E-state index is 0.683. The Bertz CT molecular complexity index is 969. The van der Waals surface area contributed by atoms with Crippen molar-refractivity contribution in [3.8, 4) is 0 Å². The molecule has 0 atom stereocenters. The van der Waals surface area contributed by atoms with Crippen LogP contribution in [0.25, 0.3) is 21.0 Å². The van der Waals surface area contributed by atoms with Crippen molar-refractivity contribution in [3.63, 3.8) is 0 Å². The SMILES string of the molecule is Cn1cncc1CNc1nc2cc(N)ccc2c2sccc12. The predicted octanol–water partition coefficient (Wildman–Crippen LogP) is 3.38. The Hall–Kier alpha value is -2.60. The van der Waals surface area contributed by atoms with Crippen molar-refractivity contribution in [2.24, 2.45) is 7.05 Å². The van der Waals surface area contributed by atoms with Crippen molar-refractivity contribution in [1.82, 2.24) is 14.5 Å². The van der Waals surface area contributed by atoms with E-state index in [0.29, 0.717) is 6.54 Å². The highest BCUT2D eigenvalue weighted by molar-refractivity contribution is 7.18. The normalized spacial score (nSPS) is 11.3. The predicted molar refractivity (Wildman–Crippen MR) is 92.1 cm³/mol. The van der Waals surface area contributed by atoms with Gasteiger partial charge in [-0.2, -0.15) is 0 Å². The van der Waals surface area contributed by atoms with E-state index in [1.54, 1.807) is 17.7 Å². The first-order valence-corrected chi connectivity index (χ1v) is 7.86. The molecule has 0 amide bonds. The van der Waals surface area contributed by atoms with Gasteiger partial charge >= 0.3 is 0 Å². The molecule has 0 radical (unpaired) electrons. The Balaban J connectivity index is 1.81. The van der Waals surface area contributed by atoms with Gasteiger partial charge in [0.15, 0.2) is 0 Å². The molecule has 0 saturated carbocycles. The molecule has 3 aromatic heterocycles. The summed E-state index contributed by atoms with van der Waals surface area (Å²) in [5.41, 5.74) is 8.65. The van der Waals surface area contributed by atoms with Crippen molar-refractivity contribution in [2.75, 3.05) is 11.1 Å². The first kappa shape index (κ1) is 13.1. The lowest BCUT2D eigenvalue weighted by Gasteiger charge is -2.10. The molecule has 0 fully saturated rings. The number of rotatable bonds is 3. The van der Waals surface area contributed by atoms with E-state index in [1.165, 1.54) is 4.70 Å². The van der Waals surface area contributed by atoms with Crippen LogP contribution >= 0.6 is 11.3 Å². The van der Waals surface area contributed by atoms with E-state index in [9.17, 15) is 0 Å². The highest BCUT2D eigenvalue weighted by Crippen LogP contribution is 2.34. The molecule has 4 rings (SSSR count). The lowest BCUT2D eigenvalue weighted by molar-refractivity contribution is 0.836. The number of pyridine rings is 1. The Morgan fingerprint density at radius 2 is 2.18 bits per heavy atom. The summed E-state index contributed by atoms with van der Waals surface area (Å²) in [6.45, 7) is 0.683. The quantitative estimate of drug-likeness (QED) is 0.569. The molecular formula is C16H15N5S.